The van der Waals surface area contributed by atoms with Crippen LogP contribution in [0.15, 0.2) is 48.5 Å². The van der Waals surface area contributed by atoms with E-state index in [1.165, 1.54) is 0 Å². The second kappa shape index (κ2) is 9.24. The number of ether oxygens (including phenoxy) is 2. The minimum Gasteiger partial charge on any atom is -0.493 e. The summed E-state index contributed by atoms with van der Waals surface area (Å²) in [6, 6.07) is 14.8. The summed E-state index contributed by atoms with van der Waals surface area (Å²) in [5, 5.41) is 2.76. The van der Waals surface area contributed by atoms with E-state index >= 15 is 0 Å². The van der Waals surface area contributed by atoms with E-state index in [4.69, 9.17) is 9.47 Å². The second-order valence-electron chi connectivity index (χ2n) is 5.42. The van der Waals surface area contributed by atoms with Crippen LogP contribution in [-0.2, 0) is 0 Å². The number of methoxy groups -OCH3 is 1. The van der Waals surface area contributed by atoms with Crippen LogP contribution in [0.3, 0.4) is 0 Å². The molecule has 0 aliphatic rings. The first-order chi connectivity index (χ1) is 12.1. The molecule has 5 nitrogen and oxygen atoms in total. The summed E-state index contributed by atoms with van der Waals surface area (Å²) < 4.78 is 10.7. The number of nitrogens with one attached hydrogen (secondary N) is 1. The molecule has 2 rings (SSSR count). The molecule has 0 aromatic heterocycles. The van der Waals surface area contributed by atoms with Crippen molar-refractivity contribution < 1.29 is 14.3 Å². The van der Waals surface area contributed by atoms with E-state index in [9.17, 15) is 4.79 Å². The predicted octanol–water partition coefficient (Wildman–Crippen LogP) is 2.57. The zero-order valence-corrected chi connectivity index (χ0v) is 14.7. The number of carbonyl (C=O) groups is 1. The van der Waals surface area contributed by atoms with E-state index in [0.717, 1.165) is 5.69 Å². The molecule has 0 unspecified atom stereocenters. The van der Waals surface area contributed by atoms with Crippen LogP contribution in [0.4, 0.5) is 5.69 Å². The van der Waals surface area contributed by atoms with Gasteiger partial charge in [-0.1, -0.05) is 24.0 Å². The second-order valence-corrected chi connectivity index (χ2v) is 5.42. The summed E-state index contributed by atoms with van der Waals surface area (Å²) in [6.07, 6.45) is 0. The quantitative estimate of drug-likeness (QED) is 0.823. The summed E-state index contributed by atoms with van der Waals surface area (Å²) in [5.41, 5.74) is 1.66. The van der Waals surface area contributed by atoms with E-state index in [-0.39, 0.29) is 19.1 Å². The summed E-state index contributed by atoms with van der Waals surface area (Å²) in [7, 11) is 5.50. The minimum atomic E-state index is -0.148. The van der Waals surface area contributed by atoms with E-state index < -0.39 is 0 Å². The Bertz CT molecular complexity index is 759. The highest BCUT2D eigenvalue weighted by atomic mass is 16.5. The lowest BCUT2D eigenvalue weighted by Crippen LogP contribution is -2.23. The maximum absolute atomic E-state index is 12.0. The summed E-state index contributed by atoms with van der Waals surface area (Å²) in [4.78, 5) is 14.0. The van der Waals surface area contributed by atoms with Gasteiger partial charge < -0.3 is 19.7 Å². The molecule has 0 aliphatic heterocycles. The molecule has 0 saturated heterocycles. The highest BCUT2D eigenvalue weighted by molar-refractivity contribution is 5.94. The SMILES string of the molecule is COc1ccccc1OCC#CCNC(=O)c1ccc(N(C)C)cc1. The molecule has 2 aromatic rings. The Labute approximate surface area is 148 Å². The van der Waals surface area contributed by atoms with Gasteiger partial charge in [-0.05, 0) is 36.4 Å². The fraction of sp³-hybridized carbons (Fsp3) is 0.250. The number of rotatable bonds is 6. The monoisotopic (exact) mass is 338 g/mol. The van der Waals surface area contributed by atoms with Gasteiger partial charge in [-0.2, -0.15) is 0 Å². The van der Waals surface area contributed by atoms with Crippen LogP contribution < -0.4 is 19.7 Å². The van der Waals surface area contributed by atoms with Gasteiger partial charge in [0.25, 0.3) is 5.91 Å². The maximum atomic E-state index is 12.0. The van der Waals surface area contributed by atoms with Gasteiger partial charge in [0.1, 0.15) is 6.61 Å². The van der Waals surface area contributed by atoms with E-state index in [2.05, 4.69) is 17.2 Å². The Morgan fingerprint density at radius 1 is 1.04 bits per heavy atom. The van der Waals surface area contributed by atoms with Crippen LogP contribution in [0.2, 0.25) is 0 Å². The number of hydrogen-bond acceptors (Lipinski definition) is 4. The fourth-order valence-corrected chi connectivity index (χ4v) is 2.10. The third-order valence-corrected chi connectivity index (χ3v) is 3.48. The molecule has 0 saturated carbocycles. The standard InChI is InChI=1S/C20H22N2O3/c1-22(2)17-12-10-16(11-13-17)20(23)21-14-6-7-15-25-19-9-5-4-8-18(19)24-3/h4-5,8-13H,14-15H2,1-3H3,(H,21,23). The molecule has 0 heterocycles. The van der Waals surface area contributed by atoms with Crippen molar-refractivity contribution in [3.05, 3.63) is 54.1 Å². The molecular weight excluding hydrogens is 316 g/mol. The molecular formula is C20H22N2O3. The Hall–Kier alpha value is -3.13. The van der Waals surface area contributed by atoms with Crippen molar-refractivity contribution in [3.8, 4) is 23.3 Å². The lowest BCUT2D eigenvalue weighted by Gasteiger charge is -2.12. The largest absolute Gasteiger partial charge is 0.493 e. The van der Waals surface area contributed by atoms with Gasteiger partial charge in [-0.15, -0.1) is 0 Å². The molecule has 0 fully saturated rings. The molecule has 2 aromatic carbocycles. The third-order valence-electron chi connectivity index (χ3n) is 3.48. The van der Waals surface area contributed by atoms with Crippen molar-refractivity contribution in [2.45, 2.75) is 0 Å². The average Bonchev–Trinajstić information content (AvgIpc) is 2.64. The van der Waals surface area contributed by atoms with Crippen molar-refractivity contribution in [1.29, 1.82) is 0 Å². The first-order valence-corrected chi connectivity index (χ1v) is 7.89. The van der Waals surface area contributed by atoms with E-state index in [0.29, 0.717) is 17.1 Å². The molecule has 130 valence electrons. The lowest BCUT2D eigenvalue weighted by atomic mass is 10.2. The number of benzene rings is 2. The van der Waals surface area contributed by atoms with Crippen molar-refractivity contribution >= 4 is 11.6 Å². The Balaban J connectivity index is 1.77. The molecule has 0 atom stereocenters. The van der Waals surface area contributed by atoms with Gasteiger partial charge >= 0.3 is 0 Å². The van der Waals surface area contributed by atoms with Crippen molar-refractivity contribution in [1.82, 2.24) is 5.32 Å². The van der Waals surface area contributed by atoms with Crippen LogP contribution >= 0.6 is 0 Å². The topological polar surface area (TPSA) is 50.8 Å². The van der Waals surface area contributed by atoms with Crippen LogP contribution in [0.1, 0.15) is 10.4 Å². The number of amides is 1. The average molecular weight is 338 g/mol. The normalized spacial score (nSPS) is 9.56. The molecule has 25 heavy (non-hydrogen) atoms. The van der Waals surface area contributed by atoms with Crippen LogP contribution in [0, 0.1) is 11.8 Å². The number of nitrogens with zero attached hydrogens (tertiary/aromatic N) is 1. The molecule has 0 spiro atoms. The highest BCUT2D eigenvalue weighted by Gasteiger charge is 2.04. The van der Waals surface area contributed by atoms with Gasteiger partial charge in [-0.25, -0.2) is 0 Å². The summed E-state index contributed by atoms with van der Waals surface area (Å²) >= 11 is 0. The summed E-state index contributed by atoms with van der Waals surface area (Å²) in [6.45, 7) is 0.497. The molecule has 5 heteroatoms. The number of anilines is 1. The van der Waals surface area contributed by atoms with Crippen LogP contribution in [-0.4, -0.2) is 40.3 Å². The van der Waals surface area contributed by atoms with Gasteiger partial charge in [0.05, 0.1) is 13.7 Å². The smallest absolute Gasteiger partial charge is 0.252 e. The molecule has 0 bridgehead atoms. The molecule has 1 N–H and O–H groups in total. The van der Waals surface area contributed by atoms with Crippen LogP contribution in [0.25, 0.3) is 0 Å². The molecule has 1 amide bonds. The number of hydrogen-bond donors (Lipinski definition) is 1. The zero-order chi connectivity index (χ0) is 18.1. The molecule has 0 aliphatic carbocycles. The van der Waals surface area contributed by atoms with Crippen LogP contribution in [0.5, 0.6) is 11.5 Å². The van der Waals surface area contributed by atoms with E-state index in [1.807, 2.05) is 55.4 Å². The summed E-state index contributed by atoms with van der Waals surface area (Å²) in [5.74, 6) is 6.89. The third kappa shape index (κ3) is 5.47. The van der Waals surface area contributed by atoms with Crippen molar-refractivity contribution in [3.63, 3.8) is 0 Å². The van der Waals surface area contributed by atoms with Gasteiger partial charge in [-0.3, -0.25) is 4.79 Å². The first kappa shape index (κ1) is 18.2. The lowest BCUT2D eigenvalue weighted by molar-refractivity contribution is 0.0958. The Morgan fingerprint density at radius 2 is 1.72 bits per heavy atom. The predicted molar refractivity (Wildman–Crippen MR) is 99.4 cm³/mol. The first-order valence-electron chi connectivity index (χ1n) is 7.89. The zero-order valence-electron chi connectivity index (χ0n) is 14.7. The number of carbonyl (C=O) groups excluding carboxylic acids is 1. The number of para-hydroxylation sites is 2. The Morgan fingerprint density at radius 3 is 2.36 bits per heavy atom. The maximum Gasteiger partial charge on any atom is 0.252 e. The van der Waals surface area contributed by atoms with Gasteiger partial charge in [0.2, 0.25) is 0 Å². The Kier molecular flexibility index (Phi) is 6.73. The fourth-order valence-electron chi connectivity index (χ4n) is 2.10. The van der Waals surface area contributed by atoms with Crippen molar-refractivity contribution in [2.24, 2.45) is 0 Å². The minimum absolute atomic E-state index is 0.148. The van der Waals surface area contributed by atoms with E-state index in [1.54, 1.807) is 19.2 Å². The highest BCUT2D eigenvalue weighted by Crippen LogP contribution is 2.25. The molecule has 0 radical (unpaired) electrons. The van der Waals surface area contributed by atoms with Gasteiger partial charge in [0.15, 0.2) is 11.5 Å². The van der Waals surface area contributed by atoms with Crippen molar-refractivity contribution in [2.75, 3.05) is 39.3 Å². The van der Waals surface area contributed by atoms with Gasteiger partial charge in [0, 0.05) is 25.3 Å².